The third-order valence-corrected chi connectivity index (χ3v) is 6.02. The normalized spacial score (nSPS) is 20.9. The summed E-state index contributed by atoms with van der Waals surface area (Å²) < 4.78 is 1.73. The molecule has 2 heterocycles. The van der Waals surface area contributed by atoms with Gasteiger partial charge in [0.1, 0.15) is 10.9 Å². The number of nitrogens with one attached hydrogen (secondary N) is 2. The minimum Gasteiger partial charge on any atom is -0.481 e. The number of carboxylic acids is 1. The number of hydrogen-bond donors (Lipinski definition) is 3. The Morgan fingerprint density at radius 2 is 2.12 bits per heavy atom. The van der Waals surface area contributed by atoms with E-state index >= 15 is 0 Å². The van der Waals surface area contributed by atoms with Gasteiger partial charge in [-0.3, -0.25) is 19.1 Å². The molecule has 26 heavy (non-hydrogen) atoms. The summed E-state index contributed by atoms with van der Waals surface area (Å²) in [6, 6.07) is 0.652. The van der Waals surface area contributed by atoms with Crippen molar-refractivity contribution in [3.63, 3.8) is 0 Å². The van der Waals surface area contributed by atoms with Crippen molar-refractivity contribution in [3.05, 3.63) is 16.6 Å². The predicted molar refractivity (Wildman–Crippen MR) is 97.2 cm³/mol. The van der Waals surface area contributed by atoms with Crippen LogP contribution in [0.5, 0.6) is 0 Å². The average Bonchev–Trinajstić information content (AvgIpc) is 3.25. The molecule has 1 saturated carbocycles. The van der Waals surface area contributed by atoms with E-state index in [2.05, 4.69) is 15.7 Å². The maximum atomic E-state index is 12.5. The minimum absolute atomic E-state index is 0.325. The SMILES string of the molecule is Cc1nn(C)c2sc(C(=O)NC(C)C(=O)N[C@@H]3CCC[C@@H]3C(=O)O)cc12. The highest BCUT2D eigenvalue weighted by Crippen LogP contribution is 2.28. The Labute approximate surface area is 154 Å². The second-order valence-electron chi connectivity index (χ2n) is 6.72. The summed E-state index contributed by atoms with van der Waals surface area (Å²) in [6.45, 7) is 3.48. The van der Waals surface area contributed by atoms with Crippen LogP contribution < -0.4 is 10.6 Å². The van der Waals surface area contributed by atoms with Crippen molar-refractivity contribution in [2.45, 2.75) is 45.2 Å². The number of carbonyl (C=O) groups is 3. The lowest BCUT2D eigenvalue weighted by Gasteiger charge is -2.20. The first-order valence-electron chi connectivity index (χ1n) is 8.55. The lowest BCUT2D eigenvalue weighted by molar-refractivity contribution is -0.142. The summed E-state index contributed by atoms with van der Waals surface area (Å²) in [4.78, 5) is 37.4. The van der Waals surface area contributed by atoms with Crippen LogP contribution in [0.1, 0.15) is 41.6 Å². The second-order valence-corrected chi connectivity index (χ2v) is 7.76. The molecule has 0 bridgehead atoms. The van der Waals surface area contributed by atoms with E-state index in [1.54, 1.807) is 17.7 Å². The number of carbonyl (C=O) groups excluding carboxylic acids is 2. The van der Waals surface area contributed by atoms with Crippen LogP contribution in [0, 0.1) is 12.8 Å². The number of nitrogens with zero attached hydrogens (tertiary/aromatic N) is 2. The third kappa shape index (κ3) is 3.44. The first-order valence-corrected chi connectivity index (χ1v) is 9.36. The van der Waals surface area contributed by atoms with E-state index in [4.69, 9.17) is 0 Å². The fourth-order valence-corrected chi connectivity index (χ4v) is 4.41. The summed E-state index contributed by atoms with van der Waals surface area (Å²) in [6.07, 6.45) is 1.99. The van der Waals surface area contributed by atoms with Crippen LogP contribution in [0.25, 0.3) is 10.2 Å². The number of rotatable bonds is 5. The molecule has 9 heteroatoms. The van der Waals surface area contributed by atoms with Crippen LogP contribution in [-0.2, 0) is 16.6 Å². The van der Waals surface area contributed by atoms with Crippen molar-refractivity contribution in [1.29, 1.82) is 0 Å². The standard InChI is InChI=1S/C17H22N4O4S/c1-8-11-7-13(26-16(11)21(3)20-8)15(23)18-9(2)14(22)19-12-6-4-5-10(12)17(24)25/h7,9-10,12H,4-6H2,1-3H3,(H,18,23)(H,19,22)(H,24,25)/t9?,10-,12+/m0/s1. The Bertz CT molecular complexity index is 837. The summed E-state index contributed by atoms with van der Waals surface area (Å²) in [5.41, 5.74) is 0.851. The average molecular weight is 378 g/mol. The number of carboxylic acid groups (broad SMARTS) is 1. The number of thiophene rings is 1. The zero-order chi connectivity index (χ0) is 19.0. The molecular formula is C17H22N4O4S. The third-order valence-electron chi connectivity index (χ3n) is 4.82. The van der Waals surface area contributed by atoms with Crippen molar-refractivity contribution in [2.24, 2.45) is 13.0 Å². The van der Waals surface area contributed by atoms with Crippen LogP contribution in [0.15, 0.2) is 6.07 Å². The van der Waals surface area contributed by atoms with Gasteiger partial charge in [-0.25, -0.2) is 0 Å². The van der Waals surface area contributed by atoms with Crippen molar-refractivity contribution in [2.75, 3.05) is 0 Å². The minimum atomic E-state index is -0.890. The summed E-state index contributed by atoms with van der Waals surface area (Å²) in [5.74, 6) is -2.14. The zero-order valence-electron chi connectivity index (χ0n) is 14.9. The molecule has 3 N–H and O–H groups in total. The van der Waals surface area contributed by atoms with E-state index in [1.165, 1.54) is 11.3 Å². The second kappa shape index (κ2) is 7.06. The molecule has 1 unspecified atom stereocenters. The molecule has 3 rings (SSSR count). The van der Waals surface area contributed by atoms with Gasteiger partial charge in [0, 0.05) is 18.5 Å². The predicted octanol–water partition coefficient (Wildman–Crippen LogP) is 1.43. The summed E-state index contributed by atoms with van der Waals surface area (Å²) in [7, 11) is 1.82. The molecule has 0 aliphatic heterocycles. The Balaban J connectivity index is 1.63. The zero-order valence-corrected chi connectivity index (χ0v) is 15.7. The smallest absolute Gasteiger partial charge is 0.308 e. The van der Waals surface area contributed by atoms with Gasteiger partial charge in [0.25, 0.3) is 5.91 Å². The molecule has 2 amide bonds. The van der Waals surface area contributed by atoms with Gasteiger partial charge in [0.05, 0.1) is 16.5 Å². The molecule has 1 fully saturated rings. The number of aromatic nitrogens is 2. The Morgan fingerprint density at radius 3 is 2.77 bits per heavy atom. The Kier molecular flexibility index (Phi) is 4.99. The molecule has 3 atom stereocenters. The van der Waals surface area contributed by atoms with Gasteiger partial charge in [-0.05, 0) is 32.8 Å². The monoisotopic (exact) mass is 378 g/mol. The van der Waals surface area contributed by atoms with Crippen LogP contribution >= 0.6 is 11.3 Å². The first kappa shape index (κ1) is 18.4. The van der Waals surface area contributed by atoms with Gasteiger partial charge >= 0.3 is 5.97 Å². The van der Waals surface area contributed by atoms with E-state index in [1.807, 2.05) is 14.0 Å². The van der Waals surface area contributed by atoms with Gasteiger partial charge in [0.2, 0.25) is 5.91 Å². The van der Waals surface area contributed by atoms with Crippen LogP contribution in [0.4, 0.5) is 0 Å². The number of amides is 2. The first-order chi connectivity index (χ1) is 12.3. The molecule has 0 aromatic carbocycles. The van der Waals surface area contributed by atoms with Crippen molar-refractivity contribution in [3.8, 4) is 0 Å². The van der Waals surface area contributed by atoms with Crippen LogP contribution in [-0.4, -0.2) is 44.8 Å². The van der Waals surface area contributed by atoms with Crippen molar-refractivity contribution < 1.29 is 19.5 Å². The van der Waals surface area contributed by atoms with Crippen molar-refractivity contribution >= 4 is 39.3 Å². The van der Waals surface area contributed by atoms with E-state index < -0.39 is 17.9 Å². The van der Waals surface area contributed by atoms with Gasteiger partial charge in [-0.2, -0.15) is 5.10 Å². The number of aliphatic carboxylic acids is 1. The Hall–Kier alpha value is -2.42. The van der Waals surface area contributed by atoms with Gasteiger partial charge < -0.3 is 15.7 Å². The van der Waals surface area contributed by atoms with E-state index in [0.29, 0.717) is 17.7 Å². The Morgan fingerprint density at radius 1 is 1.38 bits per heavy atom. The van der Waals surface area contributed by atoms with E-state index in [9.17, 15) is 19.5 Å². The highest BCUT2D eigenvalue weighted by molar-refractivity contribution is 7.20. The van der Waals surface area contributed by atoms with E-state index in [0.717, 1.165) is 22.3 Å². The molecule has 1 aliphatic carbocycles. The lowest BCUT2D eigenvalue weighted by Crippen LogP contribution is -2.49. The quantitative estimate of drug-likeness (QED) is 0.728. The largest absolute Gasteiger partial charge is 0.481 e. The fraction of sp³-hybridized carbons (Fsp3) is 0.529. The van der Waals surface area contributed by atoms with Gasteiger partial charge in [0.15, 0.2) is 0 Å². The molecule has 0 spiro atoms. The molecule has 8 nitrogen and oxygen atoms in total. The van der Waals surface area contributed by atoms with Gasteiger partial charge in [-0.1, -0.05) is 6.42 Å². The highest BCUT2D eigenvalue weighted by Gasteiger charge is 2.34. The van der Waals surface area contributed by atoms with Gasteiger partial charge in [-0.15, -0.1) is 11.3 Å². The molecule has 2 aromatic rings. The lowest BCUT2D eigenvalue weighted by atomic mass is 10.0. The molecular weight excluding hydrogens is 356 g/mol. The van der Waals surface area contributed by atoms with Crippen molar-refractivity contribution in [1.82, 2.24) is 20.4 Å². The molecule has 0 saturated heterocycles. The topological polar surface area (TPSA) is 113 Å². The maximum Gasteiger partial charge on any atom is 0.308 e. The fourth-order valence-electron chi connectivity index (χ4n) is 3.39. The molecule has 140 valence electrons. The maximum absolute atomic E-state index is 12.5. The molecule has 1 aliphatic rings. The summed E-state index contributed by atoms with van der Waals surface area (Å²) >= 11 is 1.32. The van der Waals surface area contributed by atoms with E-state index in [-0.39, 0.29) is 17.9 Å². The van der Waals surface area contributed by atoms with Crippen LogP contribution in [0.2, 0.25) is 0 Å². The number of fused-ring (bicyclic) bond motifs is 1. The molecule has 0 radical (unpaired) electrons. The summed E-state index contributed by atoms with van der Waals surface area (Å²) in [5, 5.41) is 19.9. The number of aryl methyl sites for hydroxylation is 2. The number of hydrogen-bond acceptors (Lipinski definition) is 5. The highest BCUT2D eigenvalue weighted by atomic mass is 32.1. The molecule has 2 aromatic heterocycles. The van der Waals surface area contributed by atoms with Crippen LogP contribution in [0.3, 0.4) is 0 Å².